The predicted molar refractivity (Wildman–Crippen MR) is 93.0 cm³/mol. The molecule has 1 aromatic carbocycles. The number of hydrogen-bond donors (Lipinski definition) is 5. The lowest BCUT2D eigenvalue weighted by atomic mass is 10.1. The Hall–Kier alpha value is -2.55. The number of nitrogens with one attached hydrogen (secondary N) is 2. The van der Waals surface area contributed by atoms with Crippen molar-refractivity contribution >= 4 is 11.7 Å². The SMILES string of the molecule is NC(=O)c1ccc(-c2nc3c(c(NC(CO)CO)n2)CCNC3)cc1. The second-order valence-electron chi connectivity index (χ2n) is 5.90. The molecule has 0 unspecified atom stereocenters. The van der Waals surface area contributed by atoms with Crippen molar-refractivity contribution in [2.75, 3.05) is 25.1 Å². The number of carbonyl (C=O) groups excluding carboxylic acids is 1. The van der Waals surface area contributed by atoms with Crippen LogP contribution in [0.4, 0.5) is 5.82 Å². The number of primary amides is 1. The molecule has 0 radical (unpaired) electrons. The van der Waals surface area contributed by atoms with Gasteiger partial charge in [0.2, 0.25) is 5.91 Å². The van der Waals surface area contributed by atoms with Crippen molar-refractivity contribution in [3.8, 4) is 11.4 Å². The summed E-state index contributed by atoms with van der Waals surface area (Å²) in [5.41, 5.74) is 8.31. The average Bonchev–Trinajstić information content (AvgIpc) is 2.65. The molecule has 8 heteroatoms. The van der Waals surface area contributed by atoms with Crippen LogP contribution in [-0.2, 0) is 13.0 Å². The number of nitrogens with two attached hydrogens (primary N) is 1. The first-order chi connectivity index (χ1) is 12.1. The molecule has 8 nitrogen and oxygen atoms in total. The minimum atomic E-state index is -0.488. The molecule has 0 saturated heterocycles. The third kappa shape index (κ3) is 3.76. The molecular weight excluding hydrogens is 322 g/mol. The molecule has 1 aliphatic heterocycles. The standard InChI is InChI=1S/C17H21N5O3/c18-15(25)10-1-3-11(4-2-10)16-21-14-7-19-6-5-13(14)17(22-16)20-12(8-23)9-24/h1-4,12,19,23-24H,5-9H2,(H2,18,25)(H,20,21,22). The van der Waals surface area contributed by atoms with E-state index in [4.69, 9.17) is 5.73 Å². The number of fused-ring (bicyclic) bond motifs is 1. The van der Waals surface area contributed by atoms with Crippen molar-refractivity contribution in [1.82, 2.24) is 15.3 Å². The highest BCUT2D eigenvalue weighted by atomic mass is 16.3. The molecule has 1 aliphatic rings. The van der Waals surface area contributed by atoms with Crippen LogP contribution in [0, 0.1) is 0 Å². The first kappa shape index (κ1) is 17.3. The first-order valence-corrected chi connectivity index (χ1v) is 8.11. The summed E-state index contributed by atoms with van der Waals surface area (Å²) in [7, 11) is 0. The fourth-order valence-corrected chi connectivity index (χ4v) is 2.73. The van der Waals surface area contributed by atoms with Crippen LogP contribution in [0.3, 0.4) is 0 Å². The van der Waals surface area contributed by atoms with Crippen LogP contribution < -0.4 is 16.4 Å². The van der Waals surface area contributed by atoms with Crippen molar-refractivity contribution in [2.24, 2.45) is 5.73 Å². The molecule has 2 heterocycles. The van der Waals surface area contributed by atoms with Gasteiger partial charge >= 0.3 is 0 Å². The Bertz CT molecular complexity index is 760. The summed E-state index contributed by atoms with van der Waals surface area (Å²) < 4.78 is 0. The number of aliphatic hydroxyl groups excluding tert-OH is 2. The zero-order valence-corrected chi connectivity index (χ0v) is 13.7. The summed E-state index contributed by atoms with van der Waals surface area (Å²) >= 11 is 0. The lowest BCUT2D eigenvalue weighted by Crippen LogP contribution is -2.31. The fraction of sp³-hybridized carbons (Fsp3) is 0.353. The van der Waals surface area contributed by atoms with Gasteiger partial charge in [-0.3, -0.25) is 4.79 Å². The number of nitrogens with zero attached hydrogens (tertiary/aromatic N) is 2. The molecule has 0 bridgehead atoms. The molecule has 0 spiro atoms. The highest BCUT2D eigenvalue weighted by Gasteiger charge is 2.20. The van der Waals surface area contributed by atoms with E-state index < -0.39 is 11.9 Å². The van der Waals surface area contributed by atoms with E-state index >= 15 is 0 Å². The van der Waals surface area contributed by atoms with Crippen LogP contribution in [0.1, 0.15) is 21.6 Å². The molecule has 132 valence electrons. The largest absolute Gasteiger partial charge is 0.394 e. The molecule has 0 atom stereocenters. The number of aliphatic hydroxyl groups is 2. The summed E-state index contributed by atoms with van der Waals surface area (Å²) in [6, 6.07) is 6.28. The van der Waals surface area contributed by atoms with E-state index in [9.17, 15) is 15.0 Å². The maximum atomic E-state index is 11.2. The van der Waals surface area contributed by atoms with Crippen LogP contribution >= 0.6 is 0 Å². The molecule has 25 heavy (non-hydrogen) atoms. The molecular formula is C17H21N5O3. The Morgan fingerprint density at radius 3 is 2.60 bits per heavy atom. The van der Waals surface area contributed by atoms with E-state index in [0.29, 0.717) is 23.8 Å². The molecule has 0 fully saturated rings. The van der Waals surface area contributed by atoms with Crippen molar-refractivity contribution in [2.45, 2.75) is 19.0 Å². The van der Waals surface area contributed by atoms with Crippen LogP contribution in [0.2, 0.25) is 0 Å². The Morgan fingerprint density at radius 2 is 1.96 bits per heavy atom. The van der Waals surface area contributed by atoms with Gasteiger partial charge in [-0.05, 0) is 25.1 Å². The lowest BCUT2D eigenvalue weighted by molar-refractivity contribution is 0.100. The number of carbonyl (C=O) groups is 1. The summed E-state index contributed by atoms with van der Waals surface area (Å²) in [4.78, 5) is 20.4. The highest BCUT2D eigenvalue weighted by molar-refractivity contribution is 5.93. The molecule has 0 aliphatic carbocycles. The lowest BCUT2D eigenvalue weighted by Gasteiger charge is -2.23. The molecule has 0 saturated carbocycles. The van der Waals surface area contributed by atoms with Crippen molar-refractivity contribution in [3.05, 3.63) is 41.1 Å². The minimum absolute atomic E-state index is 0.198. The topological polar surface area (TPSA) is 133 Å². The normalized spacial score (nSPS) is 13.6. The minimum Gasteiger partial charge on any atom is -0.394 e. The third-order valence-electron chi connectivity index (χ3n) is 4.15. The van der Waals surface area contributed by atoms with E-state index in [1.807, 2.05) is 0 Å². The van der Waals surface area contributed by atoms with Gasteiger partial charge in [0.05, 0.1) is 24.9 Å². The fourth-order valence-electron chi connectivity index (χ4n) is 2.73. The molecule has 3 rings (SSSR count). The third-order valence-corrected chi connectivity index (χ3v) is 4.15. The summed E-state index contributed by atoms with van der Waals surface area (Å²) in [5, 5.41) is 25.0. The number of anilines is 1. The zero-order chi connectivity index (χ0) is 17.8. The van der Waals surface area contributed by atoms with Crippen LogP contribution in [0.5, 0.6) is 0 Å². The van der Waals surface area contributed by atoms with Gasteiger partial charge in [-0.15, -0.1) is 0 Å². The summed E-state index contributed by atoms with van der Waals surface area (Å²) in [6.07, 6.45) is 0.766. The maximum absolute atomic E-state index is 11.2. The molecule has 6 N–H and O–H groups in total. The van der Waals surface area contributed by atoms with Gasteiger partial charge in [0, 0.05) is 23.2 Å². The Kier molecular flexibility index (Phi) is 5.22. The van der Waals surface area contributed by atoms with Gasteiger partial charge in [-0.1, -0.05) is 12.1 Å². The van der Waals surface area contributed by atoms with E-state index in [-0.39, 0.29) is 13.2 Å². The maximum Gasteiger partial charge on any atom is 0.248 e. The molecule has 2 aromatic rings. The van der Waals surface area contributed by atoms with Crippen molar-refractivity contribution in [3.63, 3.8) is 0 Å². The second-order valence-corrected chi connectivity index (χ2v) is 5.90. The Labute approximate surface area is 145 Å². The molecule has 1 amide bonds. The number of rotatable bonds is 6. The average molecular weight is 343 g/mol. The zero-order valence-electron chi connectivity index (χ0n) is 13.7. The quantitative estimate of drug-likeness (QED) is 0.484. The van der Waals surface area contributed by atoms with E-state index in [1.165, 1.54) is 0 Å². The predicted octanol–water partition coefficient (Wildman–Crippen LogP) is -0.347. The van der Waals surface area contributed by atoms with Gasteiger partial charge in [0.25, 0.3) is 0 Å². The van der Waals surface area contributed by atoms with Crippen LogP contribution in [0.25, 0.3) is 11.4 Å². The Balaban J connectivity index is 2.00. The number of amides is 1. The van der Waals surface area contributed by atoms with Gasteiger partial charge < -0.3 is 26.6 Å². The van der Waals surface area contributed by atoms with Crippen LogP contribution in [-0.4, -0.2) is 51.9 Å². The number of benzene rings is 1. The van der Waals surface area contributed by atoms with Gasteiger partial charge in [0.15, 0.2) is 5.82 Å². The second kappa shape index (κ2) is 7.56. The van der Waals surface area contributed by atoms with Crippen molar-refractivity contribution < 1.29 is 15.0 Å². The van der Waals surface area contributed by atoms with Crippen molar-refractivity contribution in [1.29, 1.82) is 0 Å². The summed E-state index contributed by atoms with van der Waals surface area (Å²) in [5.74, 6) is 0.641. The number of hydrogen-bond acceptors (Lipinski definition) is 7. The first-order valence-electron chi connectivity index (χ1n) is 8.11. The Morgan fingerprint density at radius 1 is 1.24 bits per heavy atom. The van der Waals surface area contributed by atoms with Gasteiger partial charge in [0.1, 0.15) is 5.82 Å². The monoisotopic (exact) mass is 343 g/mol. The smallest absolute Gasteiger partial charge is 0.248 e. The van der Waals surface area contributed by atoms with Crippen LogP contribution in [0.15, 0.2) is 24.3 Å². The highest BCUT2D eigenvalue weighted by Crippen LogP contribution is 2.25. The molecule has 1 aromatic heterocycles. The van der Waals surface area contributed by atoms with Gasteiger partial charge in [-0.25, -0.2) is 9.97 Å². The van der Waals surface area contributed by atoms with E-state index in [1.54, 1.807) is 24.3 Å². The number of aromatic nitrogens is 2. The van der Waals surface area contributed by atoms with Gasteiger partial charge in [-0.2, -0.15) is 0 Å². The van der Waals surface area contributed by atoms with E-state index in [0.717, 1.165) is 29.8 Å². The summed E-state index contributed by atoms with van der Waals surface area (Å²) in [6.45, 7) is 1.05. The van der Waals surface area contributed by atoms with E-state index in [2.05, 4.69) is 20.6 Å².